The maximum atomic E-state index is 11.9. The van der Waals surface area contributed by atoms with Crippen LogP contribution in [0.4, 0.5) is 0 Å². The van der Waals surface area contributed by atoms with Gasteiger partial charge in [-0.05, 0) is 74.2 Å². The highest BCUT2D eigenvalue weighted by Gasteiger charge is 2.13. The van der Waals surface area contributed by atoms with Crippen LogP contribution in [0.15, 0.2) is 35.9 Å². The Morgan fingerprint density at radius 1 is 1.22 bits per heavy atom. The molecule has 27 heavy (non-hydrogen) atoms. The number of nitriles is 1. The lowest BCUT2D eigenvalue weighted by Crippen LogP contribution is -2.07. The lowest BCUT2D eigenvalue weighted by molar-refractivity contribution is -0.137. The summed E-state index contributed by atoms with van der Waals surface area (Å²) in [5.74, 6) is 0.150. The standard InChI is InChI=1S/C22H22ClNO3/c1-5-26-22(25)18(12-24)11-17-8-14(2)9-19(16(17)4)13-27-21-7-6-20(23)10-15(21)3/h6-11H,5,13H2,1-4H3/b18-11+. The summed E-state index contributed by atoms with van der Waals surface area (Å²) >= 11 is 5.98. The molecular formula is C22H22ClNO3. The minimum Gasteiger partial charge on any atom is -0.489 e. The number of esters is 1. The van der Waals surface area contributed by atoms with Crippen molar-refractivity contribution in [1.82, 2.24) is 0 Å². The van der Waals surface area contributed by atoms with Crippen LogP contribution in [0.1, 0.15) is 34.7 Å². The Labute approximate surface area is 165 Å². The van der Waals surface area contributed by atoms with Crippen molar-refractivity contribution >= 4 is 23.6 Å². The van der Waals surface area contributed by atoms with Crippen molar-refractivity contribution in [2.75, 3.05) is 6.61 Å². The summed E-state index contributed by atoms with van der Waals surface area (Å²) in [4.78, 5) is 11.9. The Bertz CT molecular complexity index is 926. The number of benzene rings is 2. The fraction of sp³-hybridized carbons (Fsp3) is 0.273. The molecule has 0 unspecified atom stereocenters. The molecule has 0 N–H and O–H groups in total. The first-order valence-electron chi connectivity index (χ1n) is 8.63. The van der Waals surface area contributed by atoms with E-state index in [1.54, 1.807) is 19.1 Å². The van der Waals surface area contributed by atoms with Crippen molar-refractivity contribution in [2.24, 2.45) is 0 Å². The Morgan fingerprint density at radius 2 is 1.96 bits per heavy atom. The van der Waals surface area contributed by atoms with Gasteiger partial charge in [0.25, 0.3) is 0 Å². The molecule has 2 aromatic rings. The van der Waals surface area contributed by atoms with Crippen LogP contribution in [0.25, 0.3) is 6.08 Å². The lowest BCUT2D eigenvalue weighted by Gasteiger charge is -2.14. The van der Waals surface area contributed by atoms with Gasteiger partial charge in [0, 0.05) is 5.02 Å². The fourth-order valence-corrected chi connectivity index (χ4v) is 2.92. The van der Waals surface area contributed by atoms with Crippen LogP contribution in [-0.4, -0.2) is 12.6 Å². The molecule has 5 heteroatoms. The quantitative estimate of drug-likeness (QED) is 0.385. The van der Waals surface area contributed by atoms with Gasteiger partial charge < -0.3 is 9.47 Å². The first kappa shape index (κ1) is 20.5. The van der Waals surface area contributed by atoms with Gasteiger partial charge in [0.15, 0.2) is 0 Å². The summed E-state index contributed by atoms with van der Waals surface area (Å²) in [7, 11) is 0. The number of halogens is 1. The van der Waals surface area contributed by atoms with Gasteiger partial charge in [-0.3, -0.25) is 0 Å². The van der Waals surface area contributed by atoms with Crippen LogP contribution in [0.2, 0.25) is 5.02 Å². The second-order valence-electron chi connectivity index (χ2n) is 6.23. The molecule has 2 aromatic carbocycles. The van der Waals surface area contributed by atoms with Crippen molar-refractivity contribution < 1.29 is 14.3 Å². The molecule has 0 spiro atoms. The third kappa shape index (κ3) is 5.35. The van der Waals surface area contributed by atoms with Crippen LogP contribution in [0.3, 0.4) is 0 Å². The fourth-order valence-electron chi connectivity index (χ4n) is 2.69. The van der Waals surface area contributed by atoms with Crippen LogP contribution in [0.5, 0.6) is 5.75 Å². The molecule has 0 aromatic heterocycles. The van der Waals surface area contributed by atoms with E-state index >= 15 is 0 Å². The topological polar surface area (TPSA) is 59.3 Å². The minimum atomic E-state index is -0.615. The van der Waals surface area contributed by atoms with E-state index in [4.69, 9.17) is 21.1 Å². The average Bonchev–Trinajstić information content (AvgIpc) is 2.62. The van der Waals surface area contributed by atoms with Gasteiger partial charge in [0.2, 0.25) is 0 Å². The highest BCUT2D eigenvalue weighted by Crippen LogP contribution is 2.25. The first-order chi connectivity index (χ1) is 12.8. The van der Waals surface area contributed by atoms with Gasteiger partial charge in [0.05, 0.1) is 6.61 Å². The van der Waals surface area contributed by atoms with E-state index in [1.165, 1.54) is 0 Å². The molecule has 0 fully saturated rings. The third-order valence-corrected chi connectivity index (χ3v) is 4.37. The molecule has 140 valence electrons. The summed E-state index contributed by atoms with van der Waals surface area (Å²) in [5.41, 5.74) is 4.68. The Morgan fingerprint density at radius 3 is 2.59 bits per heavy atom. The molecule has 4 nitrogen and oxygen atoms in total. The second-order valence-corrected chi connectivity index (χ2v) is 6.66. The van der Waals surface area contributed by atoms with Gasteiger partial charge in [-0.2, -0.15) is 5.26 Å². The van der Waals surface area contributed by atoms with E-state index in [1.807, 2.05) is 51.1 Å². The minimum absolute atomic E-state index is 0.0223. The third-order valence-electron chi connectivity index (χ3n) is 4.14. The Balaban J connectivity index is 2.31. The SMILES string of the molecule is CCOC(=O)/C(C#N)=C/c1cc(C)cc(COc2ccc(Cl)cc2C)c1C. The number of hydrogen-bond donors (Lipinski definition) is 0. The van der Waals surface area contributed by atoms with E-state index in [9.17, 15) is 10.1 Å². The number of nitrogens with zero attached hydrogens (tertiary/aromatic N) is 1. The van der Waals surface area contributed by atoms with Crippen LogP contribution in [0, 0.1) is 32.1 Å². The molecule has 0 saturated heterocycles. The van der Waals surface area contributed by atoms with Gasteiger partial charge in [-0.25, -0.2) is 4.79 Å². The van der Waals surface area contributed by atoms with Crippen molar-refractivity contribution in [2.45, 2.75) is 34.3 Å². The summed E-state index contributed by atoms with van der Waals surface area (Å²) in [6.07, 6.45) is 1.57. The number of aryl methyl sites for hydroxylation is 2. The number of hydrogen-bond acceptors (Lipinski definition) is 4. The highest BCUT2D eigenvalue weighted by atomic mass is 35.5. The first-order valence-corrected chi connectivity index (χ1v) is 9.01. The van der Waals surface area contributed by atoms with Crippen LogP contribution in [-0.2, 0) is 16.1 Å². The Kier molecular flexibility index (Phi) is 7.04. The molecule has 0 radical (unpaired) electrons. The molecule has 0 heterocycles. The highest BCUT2D eigenvalue weighted by molar-refractivity contribution is 6.30. The van der Waals surface area contributed by atoms with E-state index in [2.05, 4.69) is 0 Å². The summed E-state index contributed by atoms with van der Waals surface area (Å²) in [6.45, 7) is 8.15. The molecule has 0 aliphatic carbocycles. The monoisotopic (exact) mass is 383 g/mol. The van der Waals surface area contributed by atoms with Crippen LogP contribution >= 0.6 is 11.6 Å². The summed E-state index contributed by atoms with van der Waals surface area (Å²) in [6, 6.07) is 11.4. The number of rotatable bonds is 6. The van der Waals surface area contributed by atoms with Crippen molar-refractivity contribution in [3.63, 3.8) is 0 Å². The largest absolute Gasteiger partial charge is 0.489 e. The molecule has 2 rings (SSSR count). The van der Waals surface area contributed by atoms with Gasteiger partial charge in [-0.1, -0.05) is 29.3 Å². The predicted octanol–water partition coefficient (Wildman–Crippen LogP) is 5.31. The normalized spacial score (nSPS) is 11.0. The summed E-state index contributed by atoms with van der Waals surface area (Å²) in [5, 5.41) is 9.93. The molecule has 0 saturated carbocycles. The lowest BCUT2D eigenvalue weighted by atomic mass is 9.98. The zero-order chi connectivity index (χ0) is 20.0. The van der Waals surface area contributed by atoms with E-state index in [0.29, 0.717) is 11.6 Å². The van der Waals surface area contributed by atoms with Crippen molar-refractivity contribution in [1.29, 1.82) is 5.26 Å². The second kappa shape index (κ2) is 9.25. The van der Waals surface area contributed by atoms with Crippen molar-refractivity contribution in [3.05, 3.63) is 68.7 Å². The number of carbonyl (C=O) groups excluding carboxylic acids is 1. The van der Waals surface area contributed by atoms with Gasteiger partial charge in [0.1, 0.15) is 24.0 Å². The smallest absolute Gasteiger partial charge is 0.348 e. The Hall–Kier alpha value is -2.77. The van der Waals surface area contributed by atoms with Crippen molar-refractivity contribution in [3.8, 4) is 11.8 Å². The zero-order valence-electron chi connectivity index (χ0n) is 15.9. The van der Waals surface area contributed by atoms with E-state index in [-0.39, 0.29) is 12.2 Å². The number of carbonyl (C=O) groups is 1. The molecule has 0 bridgehead atoms. The van der Waals surface area contributed by atoms with Gasteiger partial charge >= 0.3 is 5.97 Å². The molecular weight excluding hydrogens is 362 g/mol. The maximum absolute atomic E-state index is 11.9. The van der Waals surface area contributed by atoms with Crippen LogP contribution < -0.4 is 4.74 Å². The van der Waals surface area contributed by atoms with E-state index in [0.717, 1.165) is 33.6 Å². The molecule has 0 amide bonds. The molecule has 0 aliphatic rings. The number of ether oxygens (including phenoxy) is 2. The maximum Gasteiger partial charge on any atom is 0.348 e. The zero-order valence-corrected chi connectivity index (χ0v) is 16.7. The average molecular weight is 384 g/mol. The van der Waals surface area contributed by atoms with E-state index < -0.39 is 5.97 Å². The van der Waals surface area contributed by atoms with Gasteiger partial charge in [-0.15, -0.1) is 0 Å². The molecule has 0 atom stereocenters. The summed E-state index contributed by atoms with van der Waals surface area (Å²) < 4.78 is 10.9. The predicted molar refractivity (Wildman–Crippen MR) is 107 cm³/mol. The molecule has 0 aliphatic heterocycles.